The van der Waals surface area contributed by atoms with Gasteiger partial charge in [0.25, 0.3) is 0 Å². The molecule has 3 nitrogen and oxygen atoms in total. The van der Waals surface area contributed by atoms with Crippen LogP contribution in [0.4, 0.5) is 0 Å². The van der Waals surface area contributed by atoms with Gasteiger partial charge in [-0.05, 0) is 55.7 Å². The minimum absolute atomic E-state index is 0.237. The van der Waals surface area contributed by atoms with E-state index in [4.69, 9.17) is 4.74 Å². The lowest BCUT2D eigenvalue weighted by Crippen LogP contribution is -2.29. The van der Waals surface area contributed by atoms with Gasteiger partial charge in [-0.15, -0.1) is 0 Å². The molecule has 1 aromatic rings. The van der Waals surface area contributed by atoms with E-state index in [9.17, 15) is 4.79 Å². The normalized spacial score (nSPS) is 27.3. The molecule has 3 unspecified atom stereocenters. The molecule has 3 rings (SSSR count). The Morgan fingerprint density at radius 2 is 2.10 bits per heavy atom. The highest BCUT2D eigenvalue weighted by Gasteiger charge is 2.39. The van der Waals surface area contributed by atoms with Crippen LogP contribution in [0.1, 0.15) is 41.6 Å². The summed E-state index contributed by atoms with van der Waals surface area (Å²) in [6.07, 6.45) is 5.75. The van der Waals surface area contributed by atoms with Crippen LogP contribution in [0.5, 0.6) is 0 Å². The predicted molar refractivity (Wildman–Crippen MR) is 83.1 cm³/mol. The first-order chi connectivity index (χ1) is 10.2. The summed E-state index contributed by atoms with van der Waals surface area (Å²) in [5, 5.41) is 0. The maximum absolute atomic E-state index is 11.8. The fraction of sp³-hybridized carbons (Fsp3) is 0.611. The molecule has 21 heavy (non-hydrogen) atoms. The van der Waals surface area contributed by atoms with E-state index in [0.29, 0.717) is 5.56 Å². The molecule has 114 valence electrons. The van der Waals surface area contributed by atoms with Crippen LogP contribution in [0, 0.1) is 17.8 Å². The van der Waals surface area contributed by atoms with E-state index < -0.39 is 0 Å². The zero-order chi connectivity index (χ0) is 14.8. The first-order valence-electron chi connectivity index (χ1n) is 8.02. The Balaban J connectivity index is 1.62. The SMILES string of the molecule is COC(=O)c1ccccc1CN(C)CC1CC2CCC1C2. The Labute approximate surface area is 127 Å². The van der Waals surface area contributed by atoms with Crippen molar-refractivity contribution in [3.8, 4) is 0 Å². The molecule has 2 aliphatic rings. The highest BCUT2D eigenvalue weighted by atomic mass is 16.5. The molecule has 2 bridgehead atoms. The molecule has 0 N–H and O–H groups in total. The molecule has 3 atom stereocenters. The van der Waals surface area contributed by atoms with Crippen LogP contribution in [0.3, 0.4) is 0 Å². The molecular formula is C18H25NO2. The number of fused-ring (bicyclic) bond motifs is 2. The molecule has 0 heterocycles. The number of esters is 1. The van der Waals surface area contributed by atoms with Gasteiger partial charge in [0.2, 0.25) is 0 Å². The number of carbonyl (C=O) groups is 1. The Morgan fingerprint density at radius 1 is 1.29 bits per heavy atom. The summed E-state index contributed by atoms with van der Waals surface area (Å²) in [5.41, 5.74) is 1.76. The maximum Gasteiger partial charge on any atom is 0.338 e. The van der Waals surface area contributed by atoms with Crippen molar-refractivity contribution in [3.63, 3.8) is 0 Å². The largest absolute Gasteiger partial charge is 0.465 e. The molecule has 0 aliphatic heterocycles. The van der Waals surface area contributed by atoms with Crippen LogP contribution in [0.15, 0.2) is 24.3 Å². The standard InChI is InChI=1S/C18H25NO2/c1-19(12-16-10-13-7-8-14(16)9-13)11-15-5-3-4-6-17(15)18(20)21-2/h3-6,13-14,16H,7-12H2,1-2H3. The molecule has 2 fully saturated rings. The van der Waals surface area contributed by atoms with E-state index in [1.807, 2.05) is 24.3 Å². The molecule has 3 heteroatoms. The number of hydrogen-bond donors (Lipinski definition) is 0. The van der Waals surface area contributed by atoms with Crippen LogP contribution in [-0.2, 0) is 11.3 Å². The second-order valence-corrected chi connectivity index (χ2v) is 6.78. The highest BCUT2D eigenvalue weighted by molar-refractivity contribution is 5.90. The topological polar surface area (TPSA) is 29.5 Å². The predicted octanol–water partition coefficient (Wildman–Crippen LogP) is 3.34. The van der Waals surface area contributed by atoms with Crippen LogP contribution in [-0.4, -0.2) is 31.6 Å². The van der Waals surface area contributed by atoms with Gasteiger partial charge in [0, 0.05) is 13.1 Å². The summed E-state index contributed by atoms with van der Waals surface area (Å²) in [5.74, 6) is 2.57. The summed E-state index contributed by atoms with van der Waals surface area (Å²) in [4.78, 5) is 14.2. The van der Waals surface area contributed by atoms with Crippen molar-refractivity contribution in [1.29, 1.82) is 0 Å². The third kappa shape index (κ3) is 3.13. The number of ether oxygens (including phenoxy) is 1. The Morgan fingerprint density at radius 3 is 2.76 bits per heavy atom. The van der Waals surface area contributed by atoms with Gasteiger partial charge in [-0.1, -0.05) is 24.6 Å². The van der Waals surface area contributed by atoms with Crippen LogP contribution in [0.25, 0.3) is 0 Å². The van der Waals surface area contributed by atoms with E-state index in [2.05, 4.69) is 11.9 Å². The maximum atomic E-state index is 11.8. The van der Waals surface area contributed by atoms with Gasteiger partial charge in [-0.2, -0.15) is 0 Å². The average Bonchev–Trinajstić information content (AvgIpc) is 3.09. The highest BCUT2D eigenvalue weighted by Crippen LogP contribution is 2.48. The first-order valence-corrected chi connectivity index (χ1v) is 8.02. The Hall–Kier alpha value is -1.35. The smallest absolute Gasteiger partial charge is 0.338 e. The minimum atomic E-state index is -0.237. The molecule has 0 radical (unpaired) electrons. The number of rotatable bonds is 5. The van der Waals surface area contributed by atoms with Gasteiger partial charge in [0.15, 0.2) is 0 Å². The van der Waals surface area contributed by atoms with E-state index in [0.717, 1.165) is 36.4 Å². The molecule has 0 saturated heterocycles. The number of hydrogen-bond acceptors (Lipinski definition) is 3. The van der Waals surface area contributed by atoms with Crippen LogP contribution in [0.2, 0.25) is 0 Å². The lowest BCUT2D eigenvalue weighted by Gasteiger charge is -2.27. The van der Waals surface area contributed by atoms with E-state index in [1.54, 1.807) is 0 Å². The lowest BCUT2D eigenvalue weighted by molar-refractivity contribution is 0.0598. The van der Waals surface area contributed by atoms with Gasteiger partial charge >= 0.3 is 5.97 Å². The summed E-state index contributed by atoms with van der Waals surface area (Å²) < 4.78 is 4.87. The Bertz CT molecular complexity index is 514. The van der Waals surface area contributed by atoms with Crippen molar-refractivity contribution in [2.75, 3.05) is 20.7 Å². The number of benzene rings is 1. The molecule has 0 aromatic heterocycles. The molecule has 0 amide bonds. The molecule has 2 aliphatic carbocycles. The summed E-state index contributed by atoms with van der Waals surface area (Å²) in [6, 6.07) is 7.77. The van der Waals surface area contributed by atoms with Crippen molar-refractivity contribution in [2.24, 2.45) is 17.8 Å². The van der Waals surface area contributed by atoms with E-state index in [-0.39, 0.29) is 5.97 Å². The Kier molecular flexibility index (Phi) is 4.29. The number of methoxy groups -OCH3 is 1. The molecule has 1 aromatic carbocycles. The van der Waals surface area contributed by atoms with Crippen molar-refractivity contribution in [2.45, 2.75) is 32.2 Å². The molecular weight excluding hydrogens is 262 g/mol. The summed E-state index contributed by atoms with van der Waals surface area (Å²) in [7, 11) is 3.61. The van der Waals surface area contributed by atoms with Gasteiger partial charge < -0.3 is 9.64 Å². The molecule has 0 spiro atoms. The lowest BCUT2D eigenvalue weighted by atomic mass is 9.88. The van der Waals surface area contributed by atoms with E-state index in [1.165, 1.54) is 32.8 Å². The van der Waals surface area contributed by atoms with Crippen LogP contribution < -0.4 is 0 Å². The third-order valence-electron chi connectivity index (χ3n) is 5.29. The second kappa shape index (κ2) is 6.18. The third-order valence-corrected chi connectivity index (χ3v) is 5.29. The summed E-state index contributed by atoms with van der Waals surface area (Å²) in [6.45, 7) is 1.97. The monoisotopic (exact) mass is 287 g/mol. The van der Waals surface area contributed by atoms with Crippen molar-refractivity contribution >= 4 is 5.97 Å². The van der Waals surface area contributed by atoms with Crippen molar-refractivity contribution < 1.29 is 9.53 Å². The van der Waals surface area contributed by atoms with Crippen molar-refractivity contribution in [3.05, 3.63) is 35.4 Å². The zero-order valence-electron chi connectivity index (χ0n) is 13.0. The first kappa shape index (κ1) is 14.6. The number of nitrogens with zero attached hydrogens (tertiary/aromatic N) is 1. The summed E-state index contributed by atoms with van der Waals surface area (Å²) >= 11 is 0. The second-order valence-electron chi connectivity index (χ2n) is 6.78. The van der Waals surface area contributed by atoms with E-state index >= 15 is 0 Å². The fourth-order valence-corrected chi connectivity index (χ4v) is 4.32. The molecule has 2 saturated carbocycles. The van der Waals surface area contributed by atoms with Gasteiger partial charge in [-0.25, -0.2) is 4.79 Å². The fourth-order valence-electron chi connectivity index (χ4n) is 4.32. The zero-order valence-corrected chi connectivity index (χ0v) is 13.0. The van der Waals surface area contributed by atoms with Gasteiger partial charge in [-0.3, -0.25) is 0 Å². The average molecular weight is 287 g/mol. The van der Waals surface area contributed by atoms with Crippen LogP contribution >= 0.6 is 0 Å². The van der Waals surface area contributed by atoms with Gasteiger partial charge in [0.1, 0.15) is 0 Å². The van der Waals surface area contributed by atoms with Crippen molar-refractivity contribution in [1.82, 2.24) is 4.90 Å². The minimum Gasteiger partial charge on any atom is -0.465 e. The van der Waals surface area contributed by atoms with Gasteiger partial charge in [0.05, 0.1) is 12.7 Å². The quantitative estimate of drug-likeness (QED) is 0.778. The number of carbonyl (C=O) groups excluding carboxylic acids is 1.